The number of hydrogen-bond donors (Lipinski definition) is 2. The summed E-state index contributed by atoms with van der Waals surface area (Å²) in [5, 5.41) is 0. The number of amides is 2. The molecule has 0 radical (unpaired) electrons. The summed E-state index contributed by atoms with van der Waals surface area (Å²) in [4.78, 5) is 24.0. The Bertz CT molecular complexity index is 697. The number of rotatable bonds is 5. The summed E-state index contributed by atoms with van der Waals surface area (Å²) >= 11 is 3.30. The maximum Gasteiger partial charge on any atom is 0.269 e. The van der Waals surface area contributed by atoms with E-state index in [-0.39, 0.29) is 5.91 Å². The van der Waals surface area contributed by atoms with E-state index in [1.54, 1.807) is 48.5 Å². The first kappa shape index (κ1) is 18.0. The molecular weight excluding hydrogens is 372 g/mol. The van der Waals surface area contributed by atoms with Gasteiger partial charge in [0.1, 0.15) is 5.75 Å². The molecule has 0 saturated heterocycles. The van der Waals surface area contributed by atoms with Crippen LogP contribution in [-0.2, 0) is 0 Å². The first-order valence-electron chi connectivity index (χ1n) is 7.55. The van der Waals surface area contributed by atoms with E-state index < -0.39 is 5.91 Å². The lowest BCUT2D eigenvalue weighted by atomic mass is 10.2. The average molecular weight is 391 g/mol. The van der Waals surface area contributed by atoms with Gasteiger partial charge in [0.2, 0.25) is 0 Å². The van der Waals surface area contributed by atoms with Crippen molar-refractivity contribution in [3.05, 3.63) is 64.1 Å². The zero-order valence-electron chi connectivity index (χ0n) is 13.5. The normalized spacial score (nSPS) is 10.3. The van der Waals surface area contributed by atoms with E-state index >= 15 is 0 Å². The van der Waals surface area contributed by atoms with E-state index in [4.69, 9.17) is 4.74 Å². The fraction of sp³-hybridized carbons (Fsp3) is 0.222. The number of carbonyl (C=O) groups is 2. The highest BCUT2D eigenvalue weighted by Gasteiger charge is 2.09. The highest BCUT2D eigenvalue weighted by Crippen LogP contribution is 2.13. The lowest BCUT2D eigenvalue weighted by Crippen LogP contribution is -2.41. The van der Waals surface area contributed by atoms with Crippen LogP contribution in [0, 0.1) is 5.92 Å². The van der Waals surface area contributed by atoms with Crippen LogP contribution in [0.1, 0.15) is 34.6 Å². The van der Waals surface area contributed by atoms with Gasteiger partial charge < -0.3 is 4.74 Å². The third kappa shape index (κ3) is 5.38. The molecule has 5 nitrogen and oxygen atoms in total. The van der Waals surface area contributed by atoms with Crippen molar-refractivity contribution >= 4 is 27.7 Å². The molecule has 0 unspecified atom stereocenters. The zero-order valence-corrected chi connectivity index (χ0v) is 15.1. The molecule has 0 aromatic heterocycles. The van der Waals surface area contributed by atoms with Crippen molar-refractivity contribution in [3.63, 3.8) is 0 Å². The van der Waals surface area contributed by atoms with Crippen LogP contribution in [0.3, 0.4) is 0 Å². The number of hydrogen-bond acceptors (Lipinski definition) is 3. The van der Waals surface area contributed by atoms with Gasteiger partial charge in [-0.15, -0.1) is 0 Å². The summed E-state index contributed by atoms with van der Waals surface area (Å²) in [5.41, 5.74) is 5.66. The Morgan fingerprint density at radius 2 is 1.38 bits per heavy atom. The van der Waals surface area contributed by atoms with Crippen molar-refractivity contribution in [2.75, 3.05) is 6.61 Å². The molecule has 0 saturated carbocycles. The minimum Gasteiger partial charge on any atom is -0.493 e. The molecule has 0 bridgehead atoms. The van der Waals surface area contributed by atoms with Crippen LogP contribution >= 0.6 is 15.9 Å². The van der Waals surface area contributed by atoms with Crippen molar-refractivity contribution in [1.29, 1.82) is 0 Å². The minimum atomic E-state index is -0.393. The monoisotopic (exact) mass is 390 g/mol. The van der Waals surface area contributed by atoms with E-state index in [1.165, 1.54) is 0 Å². The Balaban J connectivity index is 1.87. The lowest BCUT2D eigenvalue weighted by Gasteiger charge is -2.10. The summed E-state index contributed by atoms with van der Waals surface area (Å²) in [5.74, 6) is 0.365. The van der Waals surface area contributed by atoms with E-state index in [1.807, 2.05) is 0 Å². The van der Waals surface area contributed by atoms with Gasteiger partial charge in [0.25, 0.3) is 11.8 Å². The van der Waals surface area contributed by atoms with Crippen molar-refractivity contribution in [2.45, 2.75) is 13.8 Å². The van der Waals surface area contributed by atoms with E-state index in [0.717, 1.165) is 4.47 Å². The van der Waals surface area contributed by atoms with Crippen LogP contribution in [0.5, 0.6) is 5.75 Å². The topological polar surface area (TPSA) is 67.4 Å². The summed E-state index contributed by atoms with van der Waals surface area (Å²) < 4.78 is 6.44. The van der Waals surface area contributed by atoms with Gasteiger partial charge in [-0.3, -0.25) is 20.4 Å². The van der Waals surface area contributed by atoms with Crippen LogP contribution in [0.15, 0.2) is 53.0 Å². The number of hydrazine groups is 1. The van der Waals surface area contributed by atoms with Crippen molar-refractivity contribution in [2.24, 2.45) is 5.92 Å². The fourth-order valence-electron chi connectivity index (χ4n) is 1.82. The minimum absolute atomic E-state index is 0.382. The maximum absolute atomic E-state index is 12.0. The molecule has 6 heteroatoms. The quantitative estimate of drug-likeness (QED) is 0.766. The molecule has 2 aromatic rings. The summed E-state index contributed by atoms with van der Waals surface area (Å²) in [7, 11) is 0. The van der Waals surface area contributed by atoms with Crippen molar-refractivity contribution in [1.82, 2.24) is 10.9 Å². The molecule has 0 aliphatic heterocycles. The third-order valence-corrected chi connectivity index (χ3v) is 3.62. The molecular formula is C18H19BrN2O3. The van der Waals surface area contributed by atoms with Gasteiger partial charge in [-0.1, -0.05) is 29.8 Å². The number of ether oxygens (including phenoxy) is 1. The molecule has 0 atom stereocenters. The summed E-state index contributed by atoms with van der Waals surface area (Å²) in [6, 6.07) is 13.6. The molecule has 0 aliphatic carbocycles. The van der Waals surface area contributed by atoms with E-state index in [2.05, 4.69) is 40.6 Å². The van der Waals surface area contributed by atoms with Crippen LogP contribution < -0.4 is 15.6 Å². The van der Waals surface area contributed by atoms with Crippen LogP contribution in [0.25, 0.3) is 0 Å². The van der Waals surface area contributed by atoms with Gasteiger partial charge in [0.05, 0.1) is 6.61 Å². The van der Waals surface area contributed by atoms with E-state index in [0.29, 0.717) is 29.4 Å². The van der Waals surface area contributed by atoms with Gasteiger partial charge in [-0.2, -0.15) is 0 Å². The molecule has 2 rings (SSSR count). The number of carbonyl (C=O) groups excluding carboxylic acids is 2. The summed E-state index contributed by atoms with van der Waals surface area (Å²) in [6.07, 6.45) is 0. The van der Waals surface area contributed by atoms with Crippen LogP contribution in [-0.4, -0.2) is 18.4 Å². The average Bonchev–Trinajstić information content (AvgIpc) is 2.58. The Kier molecular flexibility index (Phi) is 6.37. The molecule has 2 aromatic carbocycles. The van der Waals surface area contributed by atoms with Crippen molar-refractivity contribution in [3.8, 4) is 5.75 Å². The van der Waals surface area contributed by atoms with Crippen LogP contribution in [0.4, 0.5) is 0 Å². The predicted molar refractivity (Wildman–Crippen MR) is 95.8 cm³/mol. The van der Waals surface area contributed by atoms with Gasteiger partial charge >= 0.3 is 0 Å². The maximum atomic E-state index is 12.0. The second-order valence-corrected chi connectivity index (χ2v) is 6.56. The number of benzene rings is 2. The molecule has 0 heterocycles. The highest BCUT2D eigenvalue weighted by atomic mass is 79.9. The molecule has 24 heavy (non-hydrogen) atoms. The Morgan fingerprint density at radius 3 is 1.83 bits per heavy atom. The first-order chi connectivity index (χ1) is 11.5. The van der Waals surface area contributed by atoms with Crippen LogP contribution in [0.2, 0.25) is 0 Å². The fourth-order valence-corrected chi connectivity index (χ4v) is 2.09. The Labute approximate surface area is 149 Å². The second-order valence-electron chi connectivity index (χ2n) is 5.64. The van der Waals surface area contributed by atoms with Gasteiger partial charge in [-0.25, -0.2) is 0 Å². The van der Waals surface area contributed by atoms with Gasteiger partial charge in [0, 0.05) is 15.6 Å². The molecule has 2 amide bonds. The van der Waals surface area contributed by atoms with Crippen molar-refractivity contribution < 1.29 is 14.3 Å². The highest BCUT2D eigenvalue weighted by molar-refractivity contribution is 9.10. The molecule has 0 spiro atoms. The van der Waals surface area contributed by atoms with Gasteiger partial charge in [0.15, 0.2) is 0 Å². The third-order valence-electron chi connectivity index (χ3n) is 3.10. The molecule has 126 valence electrons. The molecule has 0 aliphatic rings. The largest absolute Gasteiger partial charge is 0.493 e. The zero-order chi connectivity index (χ0) is 17.5. The first-order valence-corrected chi connectivity index (χ1v) is 8.34. The second kappa shape index (κ2) is 8.49. The molecule has 2 N–H and O–H groups in total. The summed E-state index contributed by atoms with van der Waals surface area (Å²) in [6.45, 7) is 4.75. The predicted octanol–water partition coefficient (Wildman–Crippen LogP) is 3.56. The number of nitrogens with one attached hydrogen (secondary N) is 2. The SMILES string of the molecule is CC(C)COc1ccc(C(=O)NNC(=O)c2ccc(Br)cc2)cc1. The standard InChI is InChI=1S/C18H19BrN2O3/c1-12(2)11-24-16-9-5-14(6-10-16)18(23)21-20-17(22)13-3-7-15(19)8-4-13/h3-10,12H,11H2,1-2H3,(H,20,22)(H,21,23). The lowest BCUT2D eigenvalue weighted by molar-refractivity contribution is 0.0846. The smallest absolute Gasteiger partial charge is 0.269 e. The Hall–Kier alpha value is -2.34. The Morgan fingerprint density at radius 1 is 0.917 bits per heavy atom. The van der Waals surface area contributed by atoms with E-state index in [9.17, 15) is 9.59 Å². The number of halogens is 1. The van der Waals surface area contributed by atoms with Gasteiger partial charge in [-0.05, 0) is 54.4 Å². The molecule has 0 fully saturated rings.